The maximum absolute atomic E-state index is 12.9. The third kappa shape index (κ3) is 2.88. The fourth-order valence-electron chi connectivity index (χ4n) is 4.05. The predicted octanol–water partition coefficient (Wildman–Crippen LogP) is 4.04. The number of rotatable bonds is 2. The van der Waals surface area contributed by atoms with E-state index in [0.29, 0.717) is 11.1 Å². The van der Waals surface area contributed by atoms with Gasteiger partial charge in [0, 0.05) is 18.7 Å². The van der Waals surface area contributed by atoms with Crippen molar-refractivity contribution in [2.24, 2.45) is 5.41 Å². The summed E-state index contributed by atoms with van der Waals surface area (Å²) in [5, 5.41) is 7.26. The van der Waals surface area contributed by atoms with E-state index in [1.54, 1.807) is 0 Å². The van der Waals surface area contributed by atoms with E-state index in [0.717, 1.165) is 43.6 Å². The molecule has 2 heterocycles. The van der Waals surface area contributed by atoms with Crippen LogP contribution in [0.25, 0.3) is 11.3 Å². The van der Waals surface area contributed by atoms with Gasteiger partial charge in [0.15, 0.2) is 0 Å². The van der Waals surface area contributed by atoms with Crippen molar-refractivity contribution in [3.8, 4) is 11.3 Å². The zero-order chi connectivity index (χ0) is 16.4. The molecule has 0 bridgehead atoms. The molecule has 24 heavy (non-hydrogen) atoms. The average Bonchev–Trinajstić information content (AvgIpc) is 3.13. The molecule has 2 aromatic rings. The zero-order valence-electron chi connectivity index (χ0n) is 13.9. The van der Waals surface area contributed by atoms with Gasteiger partial charge >= 0.3 is 0 Å². The van der Waals surface area contributed by atoms with Gasteiger partial charge in [-0.15, -0.1) is 0 Å². The molecule has 4 heteroatoms. The molecule has 4 nitrogen and oxygen atoms in total. The number of aromatic amines is 1. The minimum absolute atomic E-state index is 0.0818. The number of aromatic nitrogens is 2. The molecular weight excluding hydrogens is 298 g/mol. The molecule has 4 rings (SSSR count). The van der Waals surface area contributed by atoms with Crippen molar-refractivity contribution in [2.45, 2.75) is 32.1 Å². The van der Waals surface area contributed by atoms with Crippen molar-refractivity contribution in [3.05, 3.63) is 54.2 Å². The smallest absolute Gasteiger partial charge is 0.271 e. The van der Waals surface area contributed by atoms with Gasteiger partial charge in [-0.25, -0.2) is 0 Å². The minimum atomic E-state index is 0.0818. The fraction of sp³-hybridized carbons (Fsp3) is 0.400. The van der Waals surface area contributed by atoms with Crippen molar-refractivity contribution in [1.82, 2.24) is 15.1 Å². The van der Waals surface area contributed by atoms with Gasteiger partial charge in [-0.1, -0.05) is 42.5 Å². The average molecular weight is 321 g/mol. The second-order valence-electron chi connectivity index (χ2n) is 7.08. The Balaban J connectivity index is 1.51. The fourth-order valence-corrected chi connectivity index (χ4v) is 4.05. The number of hydrogen-bond donors (Lipinski definition) is 1. The standard InChI is InChI=1S/C20H23N3O/c24-19(18-14-17(21-22-18)16-8-3-1-4-9-16)23-13-7-12-20(15-23)10-5-2-6-11-20/h1-5,8-9,14H,6-7,10-13,15H2,(H,21,22). The number of likely N-dealkylation sites (tertiary alicyclic amines) is 1. The van der Waals surface area contributed by atoms with E-state index in [2.05, 4.69) is 22.3 Å². The van der Waals surface area contributed by atoms with Gasteiger partial charge in [0.25, 0.3) is 5.91 Å². The van der Waals surface area contributed by atoms with E-state index in [-0.39, 0.29) is 5.91 Å². The van der Waals surface area contributed by atoms with Crippen LogP contribution in [0.5, 0.6) is 0 Å². The third-order valence-electron chi connectivity index (χ3n) is 5.39. The summed E-state index contributed by atoms with van der Waals surface area (Å²) in [6.07, 6.45) is 10.3. The van der Waals surface area contributed by atoms with E-state index in [9.17, 15) is 4.79 Å². The Morgan fingerprint density at radius 3 is 2.83 bits per heavy atom. The Hall–Kier alpha value is -2.36. The van der Waals surface area contributed by atoms with Crippen molar-refractivity contribution in [1.29, 1.82) is 0 Å². The lowest BCUT2D eigenvalue weighted by atomic mass is 9.71. The molecule has 1 N–H and O–H groups in total. The molecule has 1 saturated heterocycles. The number of H-pyrrole nitrogens is 1. The number of amides is 1. The number of allylic oxidation sites excluding steroid dienone is 2. The van der Waals surface area contributed by atoms with Gasteiger partial charge in [0.1, 0.15) is 5.69 Å². The lowest BCUT2D eigenvalue weighted by molar-refractivity contribution is 0.0479. The number of nitrogens with zero attached hydrogens (tertiary/aromatic N) is 2. The highest BCUT2D eigenvalue weighted by molar-refractivity contribution is 5.93. The monoisotopic (exact) mass is 321 g/mol. The van der Waals surface area contributed by atoms with E-state index in [1.165, 1.54) is 12.8 Å². The van der Waals surface area contributed by atoms with Gasteiger partial charge in [0.2, 0.25) is 0 Å². The number of nitrogens with one attached hydrogen (secondary N) is 1. The predicted molar refractivity (Wildman–Crippen MR) is 94.6 cm³/mol. The van der Waals surface area contributed by atoms with E-state index < -0.39 is 0 Å². The SMILES string of the molecule is O=C(c1cc(-c2ccccc2)n[nH]1)N1CCCC2(CC=CCC2)C1. The van der Waals surface area contributed by atoms with Gasteiger partial charge in [-0.05, 0) is 43.6 Å². The molecule has 1 atom stereocenters. The van der Waals surface area contributed by atoms with Crippen LogP contribution >= 0.6 is 0 Å². The van der Waals surface area contributed by atoms with Crippen LogP contribution in [0, 0.1) is 5.41 Å². The molecule has 1 aliphatic carbocycles. The van der Waals surface area contributed by atoms with Gasteiger partial charge in [-0.2, -0.15) is 5.10 Å². The van der Waals surface area contributed by atoms with Crippen molar-refractivity contribution in [3.63, 3.8) is 0 Å². The Bertz CT molecular complexity index is 749. The van der Waals surface area contributed by atoms with Crippen LogP contribution in [0.4, 0.5) is 0 Å². The van der Waals surface area contributed by atoms with Crippen LogP contribution in [-0.4, -0.2) is 34.1 Å². The molecule has 1 aliphatic heterocycles. The number of carbonyl (C=O) groups excluding carboxylic acids is 1. The first kappa shape index (κ1) is 15.2. The summed E-state index contributed by atoms with van der Waals surface area (Å²) in [6, 6.07) is 11.8. The first-order valence-electron chi connectivity index (χ1n) is 8.81. The third-order valence-corrected chi connectivity index (χ3v) is 5.39. The largest absolute Gasteiger partial charge is 0.337 e. The Kier molecular flexibility index (Phi) is 3.97. The maximum Gasteiger partial charge on any atom is 0.271 e. The Labute approximate surface area is 142 Å². The number of hydrogen-bond acceptors (Lipinski definition) is 2. The highest BCUT2D eigenvalue weighted by atomic mass is 16.2. The lowest BCUT2D eigenvalue weighted by Gasteiger charge is -2.43. The number of carbonyl (C=O) groups is 1. The molecule has 1 amide bonds. The van der Waals surface area contributed by atoms with Crippen LogP contribution in [0.3, 0.4) is 0 Å². The molecule has 1 unspecified atom stereocenters. The topological polar surface area (TPSA) is 49.0 Å². The molecular formula is C20H23N3O. The molecule has 1 aromatic carbocycles. The second kappa shape index (κ2) is 6.27. The van der Waals surface area contributed by atoms with Crippen LogP contribution < -0.4 is 0 Å². The van der Waals surface area contributed by atoms with Gasteiger partial charge in [-0.3, -0.25) is 9.89 Å². The van der Waals surface area contributed by atoms with E-state index in [4.69, 9.17) is 0 Å². The van der Waals surface area contributed by atoms with Crippen molar-refractivity contribution >= 4 is 5.91 Å². The van der Waals surface area contributed by atoms with Gasteiger partial charge < -0.3 is 4.90 Å². The summed E-state index contributed by atoms with van der Waals surface area (Å²) in [5.41, 5.74) is 2.74. The summed E-state index contributed by atoms with van der Waals surface area (Å²) in [6.45, 7) is 1.72. The van der Waals surface area contributed by atoms with Crippen LogP contribution in [0.15, 0.2) is 48.6 Å². The summed E-state index contributed by atoms with van der Waals surface area (Å²) in [4.78, 5) is 14.9. The normalized spacial score (nSPS) is 23.6. The van der Waals surface area contributed by atoms with E-state index >= 15 is 0 Å². The van der Waals surface area contributed by atoms with Crippen molar-refractivity contribution in [2.75, 3.05) is 13.1 Å². The Morgan fingerprint density at radius 1 is 1.17 bits per heavy atom. The first-order chi connectivity index (χ1) is 11.8. The molecule has 2 aliphatic rings. The molecule has 1 fully saturated rings. The molecule has 1 aromatic heterocycles. The van der Waals surface area contributed by atoms with Crippen molar-refractivity contribution < 1.29 is 4.79 Å². The zero-order valence-corrected chi connectivity index (χ0v) is 13.9. The van der Waals surface area contributed by atoms with Gasteiger partial charge in [0.05, 0.1) is 5.69 Å². The molecule has 0 saturated carbocycles. The molecule has 1 spiro atoms. The minimum Gasteiger partial charge on any atom is -0.337 e. The van der Waals surface area contributed by atoms with Crippen LogP contribution in [0.1, 0.15) is 42.6 Å². The summed E-state index contributed by atoms with van der Waals surface area (Å²) < 4.78 is 0. The summed E-state index contributed by atoms with van der Waals surface area (Å²) in [7, 11) is 0. The number of piperidine rings is 1. The number of benzene rings is 1. The van der Waals surface area contributed by atoms with Crippen LogP contribution in [-0.2, 0) is 0 Å². The highest BCUT2D eigenvalue weighted by Gasteiger charge is 2.37. The Morgan fingerprint density at radius 2 is 2.04 bits per heavy atom. The molecule has 124 valence electrons. The quantitative estimate of drug-likeness (QED) is 0.849. The molecule has 0 radical (unpaired) electrons. The summed E-state index contributed by atoms with van der Waals surface area (Å²) in [5.74, 6) is 0.0818. The lowest BCUT2D eigenvalue weighted by Crippen LogP contribution is -2.46. The second-order valence-corrected chi connectivity index (χ2v) is 7.08. The summed E-state index contributed by atoms with van der Waals surface area (Å²) >= 11 is 0. The first-order valence-corrected chi connectivity index (χ1v) is 8.81. The van der Waals surface area contributed by atoms with E-state index in [1.807, 2.05) is 41.3 Å². The highest BCUT2D eigenvalue weighted by Crippen LogP contribution is 2.41. The van der Waals surface area contributed by atoms with Crippen LogP contribution in [0.2, 0.25) is 0 Å². The maximum atomic E-state index is 12.9.